The third-order valence-corrected chi connectivity index (χ3v) is 2.75. The van der Waals surface area contributed by atoms with Crippen LogP contribution in [0.5, 0.6) is 0 Å². The highest BCUT2D eigenvalue weighted by molar-refractivity contribution is 5.89. The third kappa shape index (κ3) is 4.04. The molecule has 0 aromatic heterocycles. The van der Waals surface area contributed by atoms with Crippen molar-refractivity contribution < 1.29 is 24.9 Å². The Bertz CT molecular complexity index is 486. The molecule has 1 rings (SSSR count). The van der Waals surface area contributed by atoms with Crippen molar-refractivity contribution in [1.82, 2.24) is 5.32 Å². The van der Waals surface area contributed by atoms with Gasteiger partial charge in [0.15, 0.2) is 0 Å². The molecule has 0 saturated heterocycles. The number of carboxylic acids is 1. The zero-order chi connectivity index (χ0) is 14.6. The molecule has 0 heterocycles. The lowest BCUT2D eigenvalue weighted by molar-refractivity contribution is -0.119. The van der Waals surface area contributed by atoms with Gasteiger partial charge in [-0.2, -0.15) is 0 Å². The highest BCUT2D eigenvalue weighted by Gasteiger charge is 2.19. The van der Waals surface area contributed by atoms with E-state index >= 15 is 0 Å². The molecule has 19 heavy (non-hydrogen) atoms. The van der Waals surface area contributed by atoms with E-state index in [1.165, 1.54) is 25.1 Å². The second kappa shape index (κ2) is 6.31. The van der Waals surface area contributed by atoms with Crippen LogP contribution < -0.4 is 5.32 Å². The number of nitrogens with one attached hydrogen (secondary N) is 1. The number of carboxylic acid groups (broad SMARTS) is 1. The number of aliphatic hydroxyl groups is 2. The number of aromatic carboxylic acids is 1. The molecule has 1 aromatic carbocycles. The van der Waals surface area contributed by atoms with Crippen LogP contribution in [0.15, 0.2) is 18.2 Å². The SMILES string of the molecule is CC(=O)NCC(O)C(O)c1ccc(C(=O)O)c(C)c1. The Morgan fingerprint density at radius 1 is 1.32 bits per heavy atom. The smallest absolute Gasteiger partial charge is 0.335 e. The zero-order valence-corrected chi connectivity index (χ0v) is 10.8. The molecule has 0 bridgehead atoms. The predicted octanol–water partition coefficient (Wildman–Crippen LogP) is 0.224. The number of carbonyl (C=O) groups excluding carboxylic acids is 1. The van der Waals surface area contributed by atoms with Crippen molar-refractivity contribution in [2.75, 3.05) is 6.54 Å². The average Bonchev–Trinajstić information content (AvgIpc) is 2.34. The van der Waals surface area contributed by atoms with Gasteiger partial charge in [0, 0.05) is 13.5 Å². The van der Waals surface area contributed by atoms with E-state index in [0.29, 0.717) is 11.1 Å². The van der Waals surface area contributed by atoms with Crippen LogP contribution in [0.3, 0.4) is 0 Å². The van der Waals surface area contributed by atoms with E-state index in [2.05, 4.69) is 5.32 Å². The van der Waals surface area contributed by atoms with Crippen molar-refractivity contribution in [2.45, 2.75) is 26.1 Å². The summed E-state index contributed by atoms with van der Waals surface area (Å²) in [5, 5.41) is 30.9. The molecule has 0 spiro atoms. The summed E-state index contributed by atoms with van der Waals surface area (Å²) < 4.78 is 0. The van der Waals surface area contributed by atoms with Crippen LogP contribution in [0.25, 0.3) is 0 Å². The first-order valence-corrected chi connectivity index (χ1v) is 5.77. The second-order valence-electron chi connectivity index (χ2n) is 4.33. The number of amides is 1. The van der Waals surface area contributed by atoms with Gasteiger partial charge in [-0.3, -0.25) is 4.79 Å². The molecule has 2 unspecified atom stereocenters. The minimum atomic E-state index is -1.19. The lowest BCUT2D eigenvalue weighted by atomic mass is 9.99. The molecule has 0 radical (unpaired) electrons. The van der Waals surface area contributed by atoms with Crippen molar-refractivity contribution >= 4 is 11.9 Å². The molecule has 1 aromatic rings. The van der Waals surface area contributed by atoms with E-state index < -0.39 is 18.2 Å². The quantitative estimate of drug-likeness (QED) is 0.610. The van der Waals surface area contributed by atoms with Gasteiger partial charge in [0.2, 0.25) is 5.91 Å². The van der Waals surface area contributed by atoms with Crippen LogP contribution in [0.1, 0.15) is 34.5 Å². The van der Waals surface area contributed by atoms with E-state index in [9.17, 15) is 19.8 Å². The summed E-state index contributed by atoms with van der Waals surface area (Å²) in [5.41, 5.74) is 1.04. The molecule has 0 aliphatic rings. The molecule has 0 saturated carbocycles. The van der Waals surface area contributed by atoms with E-state index in [1.54, 1.807) is 6.92 Å². The van der Waals surface area contributed by atoms with Gasteiger partial charge >= 0.3 is 5.97 Å². The van der Waals surface area contributed by atoms with Crippen LogP contribution >= 0.6 is 0 Å². The summed E-state index contributed by atoms with van der Waals surface area (Å²) in [6, 6.07) is 4.32. The molecule has 0 aliphatic carbocycles. The predicted molar refractivity (Wildman–Crippen MR) is 67.8 cm³/mol. The second-order valence-corrected chi connectivity index (χ2v) is 4.33. The Hall–Kier alpha value is -1.92. The maximum Gasteiger partial charge on any atom is 0.335 e. The molecule has 1 amide bonds. The van der Waals surface area contributed by atoms with Crippen molar-refractivity contribution in [3.63, 3.8) is 0 Å². The van der Waals surface area contributed by atoms with Crippen molar-refractivity contribution in [3.05, 3.63) is 34.9 Å². The molecule has 6 heteroatoms. The zero-order valence-electron chi connectivity index (χ0n) is 10.8. The fraction of sp³-hybridized carbons (Fsp3) is 0.385. The fourth-order valence-electron chi connectivity index (χ4n) is 1.69. The van der Waals surface area contributed by atoms with Gasteiger partial charge in [-0.15, -0.1) is 0 Å². The number of carbonyl (C=O) groups is 2. The van der Waals surface area contributed by atoms with Gasteiger partial charge in [0.25, 0.3) is 0 Å². The van der Waals surface area contributed by atoms with Crippen LogP contribution in [0.4, 0.5) is 0 Å². The largest absolute Gasteiger partial charge is 0.478 e. The topological polar surface area (TPSA) is 107 Å². The van der Waals surface area contributed by atoms with Gasteiger partial charge in [0.1, 0.15) is 12.2 Å². The Kier molecular flexibility index (Phi) is 5.02. The molecule has 104 valence electrons. The summed E-state index contributed by atoms with van der Waals surface area (Å²) in [4.78, 5) is 21.6. The van der Waals surface area contributed by atoms with E-state index in [1.807, 2.05) is 0 Å². The monoisotopic (exact) mass is 267 g/mol. The molecule has 6 nitrogen and oxygen atoms in total. The van der Waals surface area contributed by atoms with E-state index in [4.69, 9.17) is 5.11 Å². The first-order valence-electron chi connectivity index (χ1n) is 5.77. The van der Waals surface area contributed by atoms with Gasteiger partial charge in [-0.1, -0.05) is 12.1 Å². The lowest BCUT2D eigenvalue weighted by Gasteiger charge is -2.19. The van der Waals surface area contributed by atoms with Crippen LogP contribution in [-0.2, 0) is 4.79 Å². The van der Waals surface area contributed by atoms with Crippen LogP contribution in [-0.4, -0.2) is 39.8 Å². The van der Waals surface area contributed by atoms with Crippen LogP contribution in [0, 0.1) is 6.92 Å². The maximum absolute atomic E-state index is 10.9. The van der Waals surface area contributed by atoms with Crippen molar-refractivity contribution in [1.29, 1.82) is 0 Å². The minimum absolute atomic E-state index is 0.0732. The first-order chi connectivity index (χ1) is 8.82. The number of aryl methyl sites for hydroxylation is 1. The normalized spacial score (nSPS) is 13.7. The average molecular weight is 267 g/mol. The first kappa shape index (κ1) is 15.1. The molecular formula is C13H17NO5. The van der Waals surface area contributed by atoms with Gasteiger partial charge in [-0.25, -0.2) is 4.79 Å². The third-order valence-electron chi connectivity index (χ3n) is 2.75. The number of benzene rings is 1. The Morgan fingerprint density at radius 3 is 2.42 bits per heavy atom. The molecular weight excluding hydrogens is 250 g/mol. The number of rotatable bonds is 5. The molecule has 0 fully saturated rings. The van der Waals surface area contributed by atoms with Gasteiger partial charge < -0.3 is 20.6 Å². The van der Waals surface area contributed by atoms with E-state index in [-0.39, 0.29) is 18.0 Å². The van der Waals surface area contributed by atoms with Crippen molar-refractivity contribution in [3.8, 4) is 0 Å². The lowest BCUT2D eigenvalue weighted by Crippen LogP contribution is -2.34. The van der Waals surface area contributed by atoms with E-state index in [0.717, 1.165) is 0 Å². The highest BCUT2D eigenvalue weighted by atomic mass is 16.4. The fourth-order valence-corrected chi connectivity index (χ4v) is 1.69. The number of aliphatic hydroxyl groups excluding tert-OH is 2. The Labute approximate surface area is 110 Å². The molecule has 4 N–H and O–H groups in total. The maximum atomic E-state index is 10.9. The number of hydrogen-bond donors (Lipinski definition) is 4. The van der Waals surface area contributed by atoms with Gasteiger partial charge in [-0.05, 0) is 24.1 Å². The minimum Gasteiger partial charge on any atom is -0.478 e. The summed E-state index contributed by atoms with van der Waals surface area (Å²) in [7, 11) is 0. The van der Waals surface area contributed by atoms with Gasteiger partial charge in [0.05, 0.1) is 5.56 Å². The summed E-state index contributed by atoms with van der Waals surface area (Å²) in [6.07, 6.45) is -2.34. The van der Waals surface area contributed by atoms with Crippen LogP contribution in [0.2, 0.25) is 0 Å². The Morgan fingerprint density at radius 2 is 1.95 bits per heavy atom. The standard InChI is InChI=1S/C13H17NO5/c1-7-5-9(3-4-10(7)13(18)19)12(17)11(16)6-14-8(2)15/h3-5,11-12,16-17H,6H2,1-2H3,(H,14,15)(H,18,19). The summed E-state index contributed by atoms with van der Waals surface area (Å²) >= 11 is 0. The summed E-state index contributed by atoms with van der Waals surface area (Å²) in [6.45, 7) is 2.85. The summed E-state index contributed by atoms with van der Waals surface area (Å²) in [5.74, 6) is -1.35. The molecule has 0 aliphatic heterocycles. The van der Waals surface area contributed by atoms with Crippen molar-refractivity contribution in [2.24, 2.45) is 0 Å². The number of hydrogen-bond acceptors (Lipinski definition) is 4. The Balaban J connectivity index is 2.82. The highest BCUT2D eigenvalue weighted by Crippen LogP contribution is 2.20. The molecule has 2 atom stereocenters.